The van der Waals surface area contributed by atoms with E-state index in [1.54, 1.807) is 0 Å². The monoisotopic (exact) mass is 186 g/mol. The van der Waals surface area contributed by atoms with E-state index in [9.17, 15) is 4.79 Å². The molecule has 2 rings (SSSR count). The highest BCUT2D eigenvalue weighted by Crippen LogP contribution is 2.32. The predicted molar refractivity (Wildman–Crippen MR) is 57.2 cm³/mol. The summed E-state index contributed by atoms with van der Waals surface area (Å²) in [5.41, 5.74) is 0.769. The molecule has 0 amide bonds. The van der Waals surface area contributed by atoms with Crippen molar-refractivity contribution in [1.82, 2.24) is 0 Å². The van der Waals surface area contributed by atoms with Gasteiger partial charge in [-0.25, -0.2) is 0 Å². The van der Waals surface area contributed by atoms with E-state index in [0.29, 0.717) is 0 Å². The summed E-state index contributed by atoms with van der Waals surface area (Å²) in [7, 11) is 0. The Morgan fingerprint density at radius 1 is 1.21 bits per heavy atom. The van der Waals surface area contributed by atoms with Crippen LogP contribution in [0.4, 0.5) is 0 Å². The fourth-order valence-electron chi connectivity index (χ4n) is 2.04. The Bertz CT molecular complexity index is 340. The zero-order valence-corrected chi connectivity index (χ0v) is 8.15. The molecule has 0 saturated carbocycles. The smallest absolute Gasteiger partial charge is 0.134 e. The molecule has 0 fully saturated rings. The number of hydrogen-bond acceptors (Lipinski definition) is 1. The number of rotatable bonds is 2. The van der Waals surface area contributed by atoms with Crippen molar-refractivity contribution >= 4 is 6.29 Å². The van der Waals surface area contributed by atoms with Gasteiger partial charge >= 0.3 is 0 Å². The molecule has 1 nitrogen and oxygen atoms in total. The second kappa shape index (κ2) is 3.79. The second-order valence-corrected chi connectivity index (χ2v) is 3.82. The van der Waals surface area contributed by atoms with E-state index in [0.717, 1.165) is 31.1 Å². The highest BCUT2D eigenvalue weighted by molar-refractivity contribution is 5.72. The van der Waals surface area contributed by atoms with Crippen molar-refractivity contribution in [2.45, 2.75) is 24.7 Å². The highest BCUT2D eigenvalue weighted by atomic mass is 16.1. The maximum absolute atomic E-state index is 11.2. The number of aldehydes is 1. The van der Waals surface area contributed by atoms with Crippen molar-refractivity contribution in [3.63, 3.8) is 0 Å². The van der Waals surface area contributed by atoms with Gasteiger partial charge in [0.1, 0.15) is 6.29 Å². The summed E-state index contributed by atoms with van der Waals surface area (Å²) in [5, 5.41) is 0. The average molecular weight is 186 g/mol. The molecule has 1 atom stereocenters. The van der Waals surface area contributed by atoms with E-state index in [-0.39, 0.29) is 5.41 Å². The van der Waals surface area contributed by atoms with Crippen LogP contribution in [0.25, 0.3) is 0 Å². The Kier molecular flexibility index (Phi) is 2.49. The van der Waals surface area contributed by atoms with Gasteiger partial charge in [-0.15, -0.1) is 0 Å². The summed E-state index contributed by atoms with van der Waals surface area (Å²) in [6.07, 6.45) is 8.39. The second-order valence-electron chi connectivity index (χ2n) is 3.82. The van der Waals surface area contributed by atoms with Crippen LogP contribution in [0.2, 0.25) is 0 Å². The molecule has 0 spiro atoms. The molecule has 1 aromatic carbocycles. The maximum Gasteiger partial charge on any atom is 0.134 e. The third-order valence-electron chi connectivity index (χ3n) is 2.90. The first-order valence-corrected chi connectivity index (χ1v) is 5.07. The molecule has 0 radical (unpaired) electrons. The Hall–Kier alpha value is -1.37. The third-order valence-corrected chi connectivity index (χ3v) is 2.90. The van der Waals surface area contributed by atoms with E-state index < -0.39 is 0 Å². The molecule has 72 valence electrons. The minimum absolute atomic E-state index is 0.348. The lowest BCUT2D eigenvalue weighted by Gasteiger charge is -2.27. The van der Waals surface area contributed by atoms with Crippen LogP contribution in [-0.4, -0.2) is 6.29 Å². The molecule has 1 aliphatic rings. The van der Waals surface area contributed by atoms with Gasteiger partial charge in [0.05, 0.1) is 5.41 Å². The minimum Gasteiger partial charge on any atom is -0.302 e. The minimum atomic E-state index is -0.348. The normalized spacial score (nSPS) is 26.0. The SMILES string of the molecule is O=CC1(c2ccccc2)C=CCCC1. The van der Waals surface area contributed by atoms with Gasteiger partial charge in [-0.3, -0.25) is 0 Å². The lowest BCUT2D eigenvalue weighted by Crippen LogP contribution is -2.27. The molecule has 0 aromatic heterocycles. The zero-order valence-electron chi connectivity index (χ0n) is 8.15. The molecular formula is C13H14O. The van der Waals surface area contributed by atoms with E-state index >= 15 is 0 Å². The fourth-order valence-corrected chi connectivity index (χ4v) is 2.04. The van der Waals surface area contributed by atoms with Crippen LogP contribution >= 0.6 is 0 Å². The quantitative estimate of drug-likeness (QED) is 0.512. The van der Waals surface area contributed by atoms with Gasteiger partial charge in [-0.05, 0) is 24.8 Å². The lowest BCUT2D eigenvalue weighted by molar-refractivity contribution is -0.111. The first-order valence-electron chi connectivity index (χ1n) is 5.07. The Balaban J connectivity index is 2.42. The van der Waals surface area contributed by atoms with Crippen molar-refractivity contribution in [2.24, 2.45) is 0 Å². The lowest BCUT2D eigenvalue weighted by atomic mass is 9.75. The van der Waals surface area contributed by atoms with Crippen molar-refractivity contribution < 1.29 is 4.79 Å². The van der Waals surface area contributed by atoms with E-state index in [4.69, 9.17) is 0 Å². The first kappa shape index (κ1) is 9.20. The van der Waals surface area contributed by atoms with Gasteiger partial charge in [0, 0.05) is 0 Å². The van der Waals surface area contributed by atoms with Gasteiger partial charge < -0.3 is 4.79 Å². The summed E-state index contributed by atoms with van der Waals surface area (Å²) >= 11 is 0. The molecule has 0 bridgehead atoms. The summed E-state index contributed by atoms with van der Waals surface area (Å²) in [6.45, 7) is 0. The van der Waals surface area contributed by atoms with Crippen LogP contribution in [0, 0.1) is 0 Å². The van der Waals surface area contributed by atoms with Crippen molar-refractivity contribution in [3.05, 3.63) is 48.0 Å². The van der Waals surface area contributed by atoms with Crippen molar-refractivity contribution in [1.29, 1.82) is 0 Å². The van der Waals surface area contributed by atoms with Crippen molar-refractivity contribution in [3.8, 4) is 0 Å². The zero-order chi connectivity index (χ0) is 9.86. The Morgan fingerprint density at radius 2 is 2.00 bits per heavy atom. The standard InChI is InChI=1S/C13H14O/c14-11-13(9-5-2-6-10-13)12-7-3-1-4-8-12/h1,3-5,7-9,11H,2,6,10H2. The molecule has 1 heteroatoms. The molecule has 0 N–H and O–H groups in total. The molecule has 0 aliphatic heterocycles. The molecular weight excluding hydrogens is 172 g/mol. The van der Waals surface area contributed by atoms with Gasteiger partial charge in [-0.1, -0.05) is 42.5 Å². The number of allylic oxidation sites excluding steroid dienone is 2. The average Bonchev–Trinajstić information content (AvgIpc) is 2.31. The van der Waals surface area contributed by atoms with E-state index in [2.05, 4.69) is 12.2 Å². The molecule has 1 aliphatic carbocycles. The van der Waals surface area contributed by atoms with Crippen LogP contribution in [0.5, 0.6) is 0 Å². The van der Waals surface area contributed by atoms with Gasteiger partial charge in [0.25, 0.3) is 0 Å². The third kappa shape index (κ3) is 1.50. The molecule has 1 aromatic rings. The van der Waals surface area contributed by atoms with E-state index in [1.165, 1.54) is 0 Å². The van der Waals surface area contributed by atoms with Crippen molar-refractivity contribution in [2.75, 3.05) is 0 Å². The number of hydrogen-bond donors (Lipinski definition) is 0. The number of carbonyl (C=O) groups excluding carboxylic acids is 1. The van der Waals surface area contributed by atoms with Crippen LogP contribution in [-0.2, 0) is 10.2 Å². The summed E-state index contributed by atoms with van der Waals surface area (Å²) < 4.78 is 0. The van der Waals surface area contributed by atoms with Gasteiger partial charge in [0.2, 0.25) is 0 Å². The van der Waals surface area contributed by atoms with E-state index in [1.807, 2.05) is 30.3 Å². The topological polar surface area (TPSA) is 17.1 Å². The molecule has 14 heavy (non-hydrogen) atoms. The Labute approximate surface area is 84.5 Å². The van der Waals surface area contributed by atoms with Gasteiger partial charge in [0.15, 0.2) is 0 Å². The molecule has 0 heterocycles. The fraction of sp³-hybridized carbons (Fsp3) is 0.308. The highest BCUT2D eigenvalue weighted by Gasteiger charge is 2.29. The van der Waals surface area contributed by atoms with Crippen LogP contribution in [0.15, 0.2) is 42.5 Å². The summed E-state index contributed by atoms with van der Waals surface area (Å²) in [4.78, 5) is 11.2. The summed E-state index contributed by atoms with van der Waals surface area (Å²) in [6, 6.07) is 10.0. The Morgan fingerprint density at radius 3 is 2.57 bits per heavy atom. The van der Waals surface area contributed by atoms with Crippen LogP contribution < -0.4 is 0 Å². The van der Waals surface area contributed by atoms with Gasteiger partial charge in [-0.2, -0.15) is 0 Å². The largest absolute Gasteiger partial charge is 0.302 e. The number of carbonyl (C=O) groups is 1. The van der Waals surface area contributed by atoms with Crippen LogP contribution in [0.1, 0.15) is 24.8 Å². The summed E-state index contributed by atoms with van der Waals surface area (Å²) in [5.74, 6) is 0. The molecule has 0 saturated heterocycles. The van der Waals surface area contributed by atoms with Crippen LogP contribution in [0.3, 0.4) is 0 Å². The molecule has 1 unspecified atom stereocenters. The number of benzene rings is 1. The predicted octanol–water partition coefficient (Wildman–Crippen LogP) is 2.86. The first-order chi connectivity index (χ1) is 6.87. The maximum atomic E-state index is 11.2.